The van der Waals surface area contributed by atoms with Gasteiger partial charge in [-0.15, -0.1) is 11.3 Å². The Morgan fingerprint density at radius 3 is 2.94 bits per heavy atom. The van der Waals surface area contributed by atoms with Gasteiger partial charge in [0.15, 0.2) is 0 Å². The maximum Gasteiger partial charge on any atom is 0.224 e. The Labute approximate surface area is 114 Å². The minimum atomic E-state index is 0.136. The van der Waals surface area contributed by atoms with Crippen LogP contribution in [0.5, 0.6) is 0 Å². The number of nitrogens with one attached hydrogen (secondary N) is 1. The Morgan fingerprint density at radius 2 is 2.33 bits per heavy atom. The molecule has 0 saturated heterocycles. The molecule has 0 bridgehead atoms. The summed E-state index contributed by atoms with van der Waals surface area (Å²) in [5, 5.41) is 5.16. The predicted octanol–water partition coefficient (Wildman–Crippen LogP) is 3.83. The Morgan fingerprint density at radius 1 is 1.56 bits per heavy atom. The van der Waals surface area contributed by atoms with Crippen molar-refractivity contribution in [1.29, 1.82) is 0 Å². The van der Waals surface area contributed by atoms with E-state index in [1.807, 2.05) is 6.07 Å². The van der Waals surface area contributed by atoms with E-state index in [1.165, 1.54) is 17.7 Å². The summed E-state index contributed by atoms with van der Waals surface area (Å²) in [5.41, 5.74) is 0.136. The summed E-state index contributed by atoms with van der Waals surface area (Å²) >= 11 is 1.70. The molecule has 100 valence electrons. The second-order valence-electron chi connectivity index (χ2n) is 6.13. The zero-order valence-corrected chi connectivity index (χ0v) is 12.3. The lowest BCUT2D eigenvalue weighted by Crippen LogP contribution is -2.44. The quantitative estimate of drug-likeness (QED) is 0.884. The third-order valence-corrected chi connectivity index (χ3v) is 5.07. The van der Waals surface area contributed by atoms with Crippen LogP contribution in [0.25, 0.3) is 0 Å². The maximum absolute atomic E-state index is 12.4. The number of amides is 1. The number of rotatable bonds is 3. The Bertz CT molecular complexity index is 397. The van der Waals surface area contributed by atoms with Crippen LogP contribution in [0.2, 0.25) is 0 Å². The van der Waals surface area contributed by atoms with Crippen molar-refractivity contribution in [2.75, 3.05) is 0 Å². The summed E-state index contributed by atoms with van der Waals surface area (Å²) < 4.78 is 0. The molecule has 2 atom stereocenters. The summed E-state index contributed by atoms with van der Waals surface area (Å²) in [6.45, 7) is 7.36. The van der Waals surface area contributed by atoms with E-state index in [-0.39, 0.29) is 17.2 Å². The maximum atomic E-state index is 12.4. The normalized spacial score (nSPS) is 26.8. The van der Waals surface area contributed by atoms with Crippen LogP contribution in [0.1, 0.15) is 44.9 Å². The molecule has 1 aromatic rings. The SMILES string of the molecule is C[C@H]1CCCC(C)(C)C1C(=O)NCc1cccs1. The van der Waals surface area contributed by atoms with Crippen molar-refractivity contribution in [3.05, 3.63) is 22.4 Å². The van der Waals surface area contributed by atoms with E-state index in [0.717, 1.165) is 6.42 Å². The van der Waals surface area contributed by atoms with Gasteiger partial charge in [-0.2, -0.15) is 0 Å². The minimum absolute atomic E-state index is 0.136. The number of thiophene rings is 1. The van der Waals surface area contributed by atoms with Gasteiger partial charge in [-0.05, 0) is 35.6 Å². The van der Waals surface area contributed by atoms with Crippen LogP contribution in [-0.2, 0) is 11.3 Å². The van der Waals surface area contributed by atoms with Crippen LogP contribution in [0.3, 0.4) is 0 Å². The highest BCUT2D eigenvalue weighted by Gasteiger charge is 2.41. The van der Waals surface area contributed by atoms with E-state index in [9.17, 15) is 4.79 Å². The molecule has 1 aliphatic carbocycles. The lowest BCUT2D eigenvalue weighted by molar-refractivity contribution is -0.133. The van der Waals surface area contributed by atoms with Gasteiger partial charge < -0.3 is 5.32 Å². The van der Waals surface area contributed by atoms with Gasteiger partial charge >= 0.3 is 0 Å². The first-order valence-electron chi connectivity index (χ1n) is 6.81. The molecule has 1 amide bonds. The van der Waals surface area contributed by atoms with Gasteiger partial charge in [0, 0.05) is 10.8 Å². The van der Waals surface area contributed by atoms with Crippen molar-refractivity contribution in [2.24, 2.45) is 17.3 Å². The molecule has 1 aromatic heterocycles. The van der Waals surface area contributed by atoms with Crippen molar-refractivity contribution in [3.8, 4) is 0 Å². The summed E-state index contributed by atoms with van der Waals surface area (Å²) in [7, 11) is 0. The van der Waals surface area contributed by atoms with Crippen LogP contribution in [0.15, 0.2) is 17.5 Å². The molecule has 1 saturated carbocycles. The monoisotopic (exact) mass is 265 g/mol. The van der Waals surface area contributed by atoms with Crippen molar-refractivity contribution in [2.45, 2.75) is 46.6 Å². The summed E-state index contributed by atoms with van der Waals surface area (Å²) in [5.74, 6) is 0.892. The van der Waals surface area contributed by atoms with Crippen molar-refractivity contribution >= 4 is 17.2 Å². The van der Waals surface area contributed by atoms with Crippen molar-refractivity contribution in [1.82, 2.24) is 5.32 Å². The van der Waals surface area contributed by atoms with E-state index >= 15 is 0 Å². The number of hydrogen-bond donors (Lipinski definition) is 1. The molecule has 2 nitrogen and oxygen atoms in total. The largest absolute Gasteiger partial charge is 0.351 e. The number of carbonyl (C=O) groups excluding carboxylic acids is 1. The molecule has 1 fully saturated rings. The van der Waals surface area contributed by atoms with Gasteiger partial charge in [0.1, 0.15) is 0 Å². The molecule has 1 N–H and O–H groups in total. The topological polar surface area (TPSA) is 29.1 Å². The van der Waals surface area contributed by atoms with Crippen molar-refractivity contribution < 1.29 is 4.79 Å². The summed E-state index contributed by atoms with van der Waals surface area (Å²) in [6, 6.07) is 4.10. The van der Waals surface area contributed by atoms with Gasteiger partial charge in [-0.25, -0.2) is 0 Å². The van der Waals surface area contributed by atoms with Crippen LogP contribution < -0.4 is 5.32 Å². The third kappa shape index (κ3) is 2.94. The molecule has 0 aliphatic heterocycles. The fourth-order valence-electron chi connectivity index (χ4n) is 3.28. The zero-order chi connectivity index (χ0) is 13.2. The Kier molecular flexibility index (Phi) is 4.10. The summed E-state index contributed by atoms with van der Waals surface area (Å²) in [6.07, 6.45) is 3.60. The molecule has 1 aliphatic rings. The lowest BCUT2D eigenvalue weighted by atomic mass is 9.64. The first-order chi connectivity index (χ1) is 8.50. The number of hydrogen-bond acceptors (Lipinski definition) is 2. The second kappa shape index (κ2) is 5.43. The Hall–Kier alpha value is -0.830. The molecule has 0 radical (unpaired) electrons. The predicted molar refractivity (Wildman–Crippen MR) is 76.5 cm³/mol. The van der Waals surface area contributed by atoms with E-state index < -0.39 is 0 Å². The minimum Gasteiger partial charge on any atom is -0.351 e. The number of carbonyl (C=O) groups is 1. The standard InChI is InChI=1S/C15H23NOS/c1-11-6-4-8-15(2,3)13(11)14(17)16-10-12-7-5-9-18-12/h5,7,9,11,13H,4,6,8,10H2,1-3H3,(H,16,17)/t11-,13?/m0/s1. The third-order valence-electron chi connectivity index (χ3n) is 4.19. The molecule has 0 aromatic carbocycles. The van der Waals surface area contributed by atoms with Gasteiger partial charge in [-0.1, -0.05) is 33.3 Å². The van der Waals surface area contributed by atoms with Crippen molar-refractivity contribution in [3.63, 3.8) is 0 Å². The molecule has 0 spiro atoms. The highest BCUT2D eigenvalue weighted by atomic mass is 32.1. The fourth-order valence-corrected chi connectivity index (χ4v) is 3.93. The summed E-state index contributed by atoms with van der Waals surface area (Å²) in [4.78, 5) is 13.6. The van der Waals surface area contributed by atoms with Gasteiger partial charge in [0.05, 0.1) is 6.54 Å². The van der Waals surface area contributed by atoms with Crippen LogP contribution >= 0.6 is 11.3 Å². The van der Waals surface area contributed by atoms with Crippen LogP contribution in [-0.4, -0.2) is 5.91 Å². The smallest absolute Gasteiger partial charge is 0.224 e. The van der Waals surface area contributed by atoms with E-state index in [2.05, 4.69) is 37.5 Å². The highest BCUT2D eigenvalue weighted by molar-refractivity contribution is 7.09. The van der Waals surface area contributed by atoms with Gasteiger partial charge in [0.2, 0.25) is 5.91 Å². The molecule has 3 heteroatoms. The van der Waals surface area contributed by atoms with E-state index in [4.69, 9.17) is 0 Å². The first kappa shape index (κ1) is 13.6. The van der Waals surface area contributed by atoms with Gasteiger partial charge in [-0.3, -0.25) is 4.79 Å². The first-order valence-corrected chi connectivity index (χ1v) is 7.69. The molecule has 18 heavy (non-hydrogen) atoms. The van der Waals surface area contributed by atoms with E-state index in [1.54, 1.807) is 11.3 Å². The van der Waals surface area contributed by atoms with Gasteiger partial charge in [0.25, 0.3) is 0 Å². The molecule has 1 unspecified atom stereocenters. The van der Waals surface area contributed by atoms with Crippen LogP contribution in [0, 0.1) is 17.3 Å². The molecule has 1 heterocycles. The lowest BCUT2D eigenvalue weighted by Gasteiger charge is -2.41. The second-order valence-corrected chi connectivity index (χ2v) is 7.17. The average molecular weight is 265 g/mol. The average Bonchev–Trinajstić information content (AvgIpc) is 2.77. The van der Waals surface area contributed by atoms with E-state index in [0.29, 0.717) is 12.5 Å². The fraction of sp³-hybridized carbons (Fsp3) is 0.667. The highest BCUT2D eigenvalue weighted by Crippen LogP contribution is 2.43. The Balaban J connectivity index is 1.98. The van der Waals surface area contributed by atoms with Crippen LogP contribution in [0.4, 0.5) is 0 Å². The molecule has 2 rings (SSSR count). The zero-order valence-electron chi connectivity index (χ0n) is 11.5. The molecular weight excluding hydrogens is 242 g/mol. The molecular formula is C15H23NOS.